The predicted octanol–water partition coefficient (Wildman–Crippen LogP) is 3.61. The smallest absolute Gasteiger partial charge is 0.254 e. The van der Waals surface area contributed by atoms with E-state index in [4.69, 9.17) is 4.74 Å². The third-order valence-electron chi connectivity index (χ3n) is 5.84. The first-order valence-electron chi connectivity index (χ1n) is 10.5. The van der Waals surface area contributed by atoms with Crippen LogP contribution in [0.5, 0.6) is 5.75 Å². The van der Waals surface area contributed by atoms with Crippen LogP contribution in [0.15, 0.2) is 76.4 Å². The van der Waals surface area contributed by atoms with Gasteiger partial charge in [-0.05, 0) is 49.1 Å². The van der Waals surface area contributed by atoms with E-state index in [1.807, 2.05) is 54.0 Å². The fourth-order valence-electron chi connectivity index (χ4n) is 4.03. The zero-order chi connectivity index (χ0) is 21.6. The van der Waals surface area contributed by atoms with Crippen LogP contribution in [-0.4, -0.2) is 36.5 Å². The third-order valence-corrected chi connectivity index (χ3v) is 7.67. The second kappa shape index (κ2) is 7.66. The Morgan fingerprint density at radius 3 is 2.29 bits per heavy atom. The van der Waals surface area contributed by atoms with Gasteiger partial charge in [-0.25, -0.2) is 8.42 Å². The molecule has 2 aliphatic rings. The van der Waals surface area contributed by atoms with Crippen LogP contribution in [0.1, 0.15) is 24.6 Å². The van der Waals surface area contributed by atoms with Gasteiger partial charge in [0.05, 0.1) is 18.0 Å². The summed E-state index contributed by atoms with van der Waals surface area (Å²) in [5, 5.41) is 0. The number of nitrogens with zero attached hydrogens (tertiary/aromatic N) is 2. The van der Waals surface area contributed by atoms with Crippen LogP contribution < -0.4 is 10.3 Å². The minimum atomic E-state index is -3.60. The lowest BCUT2D eigenvalue weighted by Crippen LogP contribution is -2.56. The number of aryl methyl sites for hydroxylation is 1. The molecule has 6 nitrogen and oxygen atoms in total. The molecule has 31 heavy (non-hydrogen) atoms. The summed E-state index contributed by atoms with van der Waals surface area (Å²) in [5.74, 6) is 0.507. The van der Waals surface area contributed by atoms with Crippen LogP contribution in [-0.2, 0) is 10.0 Å². The molecule has 0 radical (unpaired) electrons. The van der Waals surface area contributed by atoms with Crippen LogP contribution in [0.3, 0.4) is 0 Å². The summed E-state index contributed by atoms with van der Waals surface area (Å²) in [6.45, 7) is 2.44. The summed E-state index contributed by atoms with van der Waals surface area (Å²) in [6.07, 6.45) is 1.83. The highest BCUT2D eigenvalue weighted by Crippen LogP contribution is 2.35. The van der Waals surface area contributed by atoms with Crippen molar-refractivity contribution in [2.45, 2.75) is 36.8 Å². The number of ether oxygens (including phenoxy) is 1. The molecular weight excluding hydrogens is 412 g/mol. The fraction of sp³-hybridized carbons (Fsp3) is 0.292. The number of pyridine rings is 1. The van der Waals surface area contributed by atoms with Crippen LogP contribution in [0, 0.1) is 6.92 Å². The monoisotopic (exact) mass is 436 g/mol. The number of benzene rings is 2. The van der Waals surface area contributed by atoms with Crippen molar-refractivity contribution in [3.63, 3.8) is 0 Å². The molecule has 0 spiro atoms. The summed E-state index contributed by atoms with van der Waals surface area (Å²) in [5.41, 5.74) is 2.66. The Morgan fingerprint density at radius 2 is 1.61 bits per heavy atom. The topological polar surface area (TPSA) is 68.6 Å². The molecule has 0 bridgehead atoms. The number of sulfonamides is 1. The summed E-state index contributed by atoms with van der Waals surface area (Å²) >= 11 is 0. The van der Waals surface area contributed by atoms with Gasteiger partial charge in [-0.2, -0.15) is 4.31 Å². The molecule has 2 heterocycles. The maximum Gasteiger partial charge on any atom is 0.254 e. The maximum absolute atomic E-state index is 13.0. The molecule has 1 aliphatic carbocycles. The first kappa shape index (κ1) is 20.0. The Hall–Kier alpha value is -2.90. The molecule has 1 saturated carbocycles. The summed E-state index contributed by atoms with van der Waals surface area (Å²) in [7, 11) is -3.60. The third kappa shape index (κ3) is 3.91. The molecule has 2 aromatic carbocycles. The highest BCUT2D eigenvalue weighted by molar-refractivity contribution is 7.89. The quantitative estimate of drug-likeness (QED) is 0.592. The van der Waals surface area contributed by atoms with E-state index < -0.39 is 10.0 Å². The average Bonchev–Trinajstić information content (AvgIpc) is 3.55. The normalized spacial score (nSPS) is 17.3. The number of aromatic nitrogens is 1. The van der Waals surface area contributed by atoms with Crippen molar-refractivity contribution in [3.8, 4) is 16.9 Å². The number of rotatable bonds is 6. The fourth-order valence-corrected chi connectivity index (χ4v) is 5.58. The standard InChI is InChI=1S/C24H24N2O4S/c1-17-12-21(14-24(27)26(17)20-10-11-20)30-22-15-25(16-22)31(28,29)23-9-5-8-19(13-23)18-6-3-2-4-7-18/h2-9,12-14,20,22H,10-11,15-16H2,1H3. The molecule has 0 amide bonds. The Bertz CT molecular complexity index is 1270. The van der Waals surface area contributed by atoms with Gasteiger partial charge in [0.2, 0.25) is 10.0 Å². The Kier molecular flexibility index (Phi) is 4.95. The highest BCUT2D eigenvalue weighted by atomic mass is 32.2. The van der Waals surface area contributed by atoms with Crippen molar-refractivity contribution in [1.82, 2.24) is 8.87 Å². The van der Waals surface area contributed by atoms with Crippen LogP contribution in [0.25, 0.3) is 11.1 Å². The van der Waals surface area contributed by atoms with Crippen LogP contribution >= 0.6 is 0 Å². The molecule has 2 fully saturated rings. The van der Waals surface area contributed by atoms with Crippen molar-refractivity contribution in [3.05, 3.63) is 82.8 Å². The van der Waals surface area contributed by atoms with Crippen LogP contribution in [0.2, 0.25) is 0 Å². The van der Waals surface area contributed by atoms with Gasteiger partial charge in [-0.1, -0.05) is 42.5 Å². The first-order valence-corrected chi connectivity index (χ1v) is 11.9. The van der Waals surface area contributed by atoms with E-state index in [2.05, 4.69) is 0 Å². The SMILES string of the molecule is Cc1cc(OC2CN(S(=O)(=O)c3cccc(-c4ccccc4)c3)C2)cc(=O)n1C1CC1. The summed E-state index contributed by atoms with van der Waals surface area (Å²) in [6, 6.07) is 20.4. The highest BCUT2D eigenvalue weighted by Gasteiger charge is 2.38. The van der Waals surface area contributed by atoms with E-state index in [-0.39, 0.29) is 29.6 Å². The zero-order valence-corrected chi connectivity index (χ0v) is 18.1. The molecule has 0 unspecified atom stereocenters. The largest absolute Gasteiger partial charge is 0.487 e. The van der Waals surface area contributed by atoms with Gasteiger partial charge in [0, 0.05) is 17.8 Å². The number of hydrogen-bond acceptors (Lipinski definition) is 4. The van der Waals surface area contributed by atoms with Gasteiger partial charge in [0.25, 0.3) is 5.56 Å². The molecule has 160 valence electrons. The lowest BCUT2D eigenvalue weighted by atomic mass is 10.1. The van der Waals surface area contributed by atoms with E-state index in [9.17, 15) is 13.2 Å². The van der Waals surface area contributed by atoms with E-state index in [0.717, 1.165) is 29.7 Å². The Morgan fingerprint density at radius 1 is 0.903 bits per heavy atom. The van der Waals surface area contributed by atoms with Gasteiger partial charge in [-0.15, -0.1) is 0 Å². The molecular formula is C24H24N2O4S. The average molecular weight is 437 g/mol. The first-order chi connectivity index (χ1) is 14.9. The van der Waals surface area contributed by atoms with E-state index in [1.54, 1.807) is 18.2 Å². The Balaban J connectivity index is 1.28. The van der Waals surface area contributed by atoms with Crippen molar-refractivity contribution >= 4 is 10.0 Å². The van der Waals surface area contributed by atoms with Crippen molar-refractivity contribution in [1.29, 1.82) is 0 Å². The predicted molar refractivity (Wildman–Crippen MR) is 119 cm³/mol. The van der Waals surface area contributed by atoms with Gasteiger partial charge < -0.3 is 9.30 Å². The minimum Gasteiger partial charge on any atom is -0.487 e. The van der Waals surface area contributed by atoms with E-state index in [0.29, 0.717) is 11.8 Å². The molecule has 1 aliphatic heterocycles. The molecule has 5 rings (SSSR count). The second-order valence-corrected chi connectivity index (χ2v) is 10.2. The number of hydrogen-bond donors (Lipinski definition) is 0. The molecule has 0 atom stereocenters. The van der Waals surface area contributed by atoms with Gasteiger partial charge in [0.1, 0.15) is 11.9 Å². The molecule has 0 N–H and O–H groups in total. The minimum absolute atomic E-state index is 0.0565. The lowest BCUT2D eigenvalue weighted by molar-refractivity contribution is 0.0758. The molecule has 1 aromatic heterocycles. The molecule has 3 aromatic rings. The lowest BCUT2D eigenvalue weighted by Gasteiger charge is -2.37. The zero-order valence-electron chi connectivity index (χ0n) is 17.3. The second-order valence-electron chi connectivity index (χ2n) is 8.23. The van der Waals surface area contributed by atoms with Gasteiger partial charge >= 0.3 is 0 Å². The Labute approximate surface area is 181 Å². The van der Waals surface area contributed by atoms with Crippen molar-refractivity contribution in [2.24, 2.45) is 0 Å². The molecule has 7 heteroatoms. The van der Waals surface area contributed by atoms with Crippen molar-refractivity contribution in [2.75, 3.05) is 13.1 Å². The van der Waals surface area contributed by atoms with Crippen LogP contribution in [0.4, 0.5) is 0 Å². The van der Waals surface area contributed by atoms with Crippen molar-refractivity contribution < 1.29 is 13.2 Å². The summed E-state index contributed by atoms with van der Waals surface area (Å²) in [4.78, 5) is 12.6. The molecule has 1 saturated heterocycles. The maximum atomic E-state index is 13.0. The van der Waals surface area contributed by atoms with Gasteiger partial charge in [-0.3, -0.25) is 4.79 Å². The summed E-state index contributed by atoms with van der Waals surface area (Å²) < 4.78 is 35.2. The van der Waals surface area contributed by atoms with Gasteiger partial charge in [0.15, 0.2) is 0 Å². The van der Waals surface area contributed by atoms with E-state index >= 15 is 0 Å². The van der Waals surface area contributed by atoms with E-state index in [1.165, 1.54) is 10.4 Å².